The van der Waals surface area contributed by atoms with Crippen LogP contribution in [0.2, 0.25) is 0 Å². The first kappa shape index (κ1) is 19.0. The molecule has 2 fully saturated rings. The Morgan fingerprint density at radius 3 is 2.61 bits per heavy atom. The van der Waals surface area contributed by atoms with Crippen molar-refractivity contribution in [2.45, 2.75) is 17.8 Å². The fourth-order valence-electron chi connectivity index (χ4n) is 3.32. The second kappa shape index (κ2) is 8.77. The summed E-state index contributed by atoms with van der Waals surface area (Å²) in [6, 6.07) is 18.0. The van der Waals surface area contributed by atoms with Crippen LogP contribution in [0.5, 0.6) is 5.75 Å². The molecular formula is C21H22N2O4S. The maximum Gasteiger partial charge on any atom is 0.286 e. The van der Waals surface area contributed by atoms with Crippen molar-refractivity contribution in [2.75, 3.05) is 26.4 Å². The molecule has 0 aliphatic carbocycles. The first-order chi connectivity index (χ1) is 13.7. The van der Waals surface area contributed by atoms with Crippen LogP contribution in [0.15, 0.2) is 54.6 Å². The Kier molecular flexibility index (Phi) is 5.95. The van der Waals surface area contributed by atoms with Gasteiger partial charge in [-0.25, -0.2) is 0 Å². The standard InChI is InChI=1S/C21H22N2O4S/c24-20-19(28-21(25)22-20)12-15-6-8-17(9-7-15)26-11-10-23-13-18(27-14-23)16-4-2-1-3-5-16/h1-9,18-19H,10-14H2,(H,22,24,25). The first-order valence-corrected chi connectivity index (χ1v) is 10.2. The van der Waals surface area contributed by atoms with Crippen molar-refractivity contribution in [3.05, 3.63) is 65.7 Å². The Morgan fingerprint density at radius 2 is 1.89 bits per heavy atom. The third-order valence-corrected chi connectivity index (χ3v) is 5.82. The highest BCUT2D eigenvalue weighted by molar-refractivity contribution is 8.15. The van der Waals surface area contributed by atoms with E-state index in [0.29, 0.717) is 19.8 Å². The van der Waals surface area contributed by atoms with Crippen molar-refractivity contribution < 1.29 is 19.1 Å². The number of benzene rings is 2. The van der Waals surface area contributed by atoms with E-state index < -0.39 is 0 Å². The summed E-state index contributed by atoms with van der Waals surface area (Å²) in [5.41, 5.74) is 2.21. The van der Waals surface area contributed by atoms with Gasteiger partial charge in [0, 0.05) is 13.1 Å². The highest BCUT2D eigenvalue weighted by atomic mass is 32.2. The van der Waals surface area contributed by atoms with Crippen LogP contribution in [0, 0.1) is 0 Å². The predicted octanol–water partition coefficient (Wildman–Crippen LogP) is 2.99. The molecule has 0 saturated carbocycles. The molecule has 2 aromatic rings. The van der Waals surface area contributed by atoms with E-state index in [1.165, 1.54) is 5.56 Å². The number of carbonyl (C=O) groups excluding carboxylic acids is 2. The number of hydrogen-bond acceptors (Lipinski definition) is 6. The molecule has 0 radical (unpaired) electrons. The molecular weight excluding hydrogens is 376 g/mol. The van der Waals surface area contributed by atoms with E-state index in [0.717, 1.165) is 36.2 Å². The topological polar surface area (TPSA) is 67.9 Å². The maximum absolute atomic E-state index is 11.6. The summed E-state index contributed by atoms with van der Waals surface area (Å²) in [5, 5.41) is 1.70. The molecule has 2 aromatic carbocycles. The molecule has 2 atom stereocenters. The molecule has 2 aliphatic rings. The number of thioether (sulfide) groups is 1. The van der Waals surface area contributed by atoms with Gasteiger partial charge >= 0.3 is 0 Å². The fraction of sp³-hybridized carbons (Fsp3) is 0.333. The third kappa shape index (κ3) is 4.73. The molecule has 6 nitrogen and oxygen atoms in total. The number of imide groups is 1. The number of rotatable bonds is 7. The lowest BCUT2D eigenvalue weighted by Crippen LogP contribution is -2.26. The van der Waals surface area contributed by atoms with Gasteiger partial charge in [0.2, 0.25) is 5.91 Å². The molecule has 2 aliphatic heterocycles. The van der Waals surface area contributed by atoms with E-state index >= 15 is 0 Å². The predicted molar refractivity (Wildman–Crippen MR) is 107 cm³/mol. The van der Waals surface area contributed by atoms with Crippen LogP contribution in [-0.2, 0) is 16.0 Å². The van der Waals surface area contributed by atoms with Crippen LogP contribution < -0.4 is 10.1 Å². The highest BCUT2D eigenvalue weighted by Gasteiger charge is 2.31. The molecule has 146 valence electrons. The van der Waals surface area contributed by atoms with Gasteiger partial charge < -0.3 is 9.47 Å². The van der Waals surface area contributed by atoms with E-state index in [4.69, 9.17) is 9.47 Å². The summed E-state index contributed by atoms with van der Waals surface area (Å²) in [4.78, 5) is 25.1. The van der Waals surface area contributed by atoms with Crippen molar-refractivity contribution in [3.63, 3.8) is 0 Å². The van der Waals surface area contributed by atoms with Gasteiger partial charge in [0.25, 0.3) is 5.24 Å². The number of nitrogens with one attached hydrogen (secondary N) is 1. The average molecular weight is 398 g/mol. The lowest BCUT2D eigenvalue weighted by atomic mass is 10.1. The van der Waals surface area contributed by atoms with Crippen molar-refractivity contribution in [2.24, 2.45) is 0 Å². The zero-order valence-corrected chi connectivity index (χ0v) is 16.2. The zero-order valence-electron chi connectivity index (χ0n) is 15.4. The average Bonchev–Trinajstić information content (AvgIpc) is 3.30. The van der Waals surface area contributed by atoms with Gasteiger partial charge in [-0.05, 0) is 29.7 Å². The molecule has 2 heterocycles. The largest absolute Gasteiger partial charge is 0.492 e. The smallest absolute Gasteiger partial charge is 0.286 e. The Morgan fingerprint density at radius 1 is 1.11 bits per heavy atom. The molecule has 0 aromatic heterocycles. The number of hydrogen-bond donors (Lipinski definition) is 1. The zero-order chi connectivity index (χ0) is 19.3. The van der Waals surface area contributed by atoms with E-state index in [2.05, 4.69) is 22.3 Å². The number of ether oxygens (including phenoxy) is 2. The summed E-state index contributed by atoms with van der Waals surface area (Å²) >= 11 is 1.05. The van der Waals surface area contributed by atoms with Crippen molar-refractivity contribution >= 4 is 22.9 Å². The molecule has 28 heavy (non-hydrogen) atoms. The molecule has 7 heteroatoms. The van der Waals surface area contributed by atoms with Crippen LogP contribution in [-0.4, -0.2) is 47.7 Å². The van der Waals surface area contributed by atoms with Crippen LogP contribution >= 0.6 is 11.8 Å². The quantitative estimate of drug-likeness (QED) is 0.773. The monoisotopic (exact) mass is 398 g/mol. The van der Waals surface area contributed by atoms with Gasteiger partial charge in [-0.2, -0.15) is 0 Å². The number of nitrogens with zero attached hydrogens (tertiary/aromatic N) is 1. The van der Waals surface area contributed by atoms with E-state index in [1.54, 1.807) is 0 Å². The molecule has 0 bridgehead atoms. The van der Waals surface area contributed by atoms with Gasteiger partial charge in [0.1, 0.15) is 19.1 Å². The van der Waals surface area contributed by atoms with Crippen molar-refractivity contribution in [3.8, 4) is 5.75 Å². The van der Waals surface area contributed by atoms with E-state index in [9.17, 15) is 9.59 Å². The molecule has 0 spiro atoms. The van der Waals surface area contributed by atoms with E-state index in [1.807, 2.05) is 42.5 Å². The third-order valence-electron chi connectivity index (χ3n) is 4.84. The number of carbonyl (C=O) groups is 2. The molecule has 1 N–H and O–H groups in total. The summed E-state index contributed by atoms with van der Waals surface area (Å²) < 4.78 is 11.7. The second-order valence-corrected chi connectivity index (χ2v) is 8.03. The Labute approximate surface area is 168 Å². The van der Waals surface area contributed by atoms with Crippen LogP contribution in [0.25, 0.3) is 0 Å². The van der Waals surface area contributed by atoms with Gasteiger partial charge in [-0.1, -0.05) is 54.2 Å². The normalized spacial score (nSPS) is 22.4. The van der Waals surface area contributed by atoms with Crippen molar-refractivity contribution in [1.82, 2.24) is 10.2 Å². The highest BCUT2D eigenvalue weighted by Crippen LogP contribution is 2.25. The van der Waals surface area contributed by atoms with E-state index in [-0.39, 0.29) is 22.5 Å². The summed E-state index contributed by atoms with van der Waals surface area (Å²) in [6.45, 7) is 2.86. The van der Waals surface area contributed by atoms with Gasteiger partial charge in [0.15, 0.2) is 0 Å². The maximum atomic E-state index is 11.6. The minimum atomic E-state index is -0.341. The Hall–Kier alpha value is -2.35. The minimum absolute atomic E-state index is 0.123. The van der Waals surface area contributed by atoms with Crippen LogP contribution in [0.4, 0.5) is 4.79 Å². The fourth-order valence-corrected chi connectivity index (χ4v) is 4.18. The summed E-state index contributed by atoms with van der Waals surface area (Å²) in [5.74, 6) is 0.583. The summed E-state index contributed by atoms with van der Waals surface area (Å²) in [7, 11) is 0. The Balaban J connectivity index is 1.20. The first-order valence-electron chi connectivity index (χ1n) is 9.29. The molecule has 2 amide bonds. The lowest BCUT2D eigenvalue weighted by Gasteiger charge is -2.14. The van der Waals surface area contributed by atoms with Crippen LogP contribution in [0.1, 0.15) is 17.2 Å². The minimum Gasteiger partial charge on any atom is -0.492 e. The van der Waals surface area contributed by atoms with Gasteiger partial charge in [-0.3, -0.25) is 19.8 Å². The van der Waals surface area contributed by atoms with Crippen LogP contribution in [0.3, 0.4) is 0 Å². The second-order valence-electron chi connectivity index (χ2n) is 6.85. The molecule has 4 rings (SSSR count). The van der Waals surface area contributed by atoms with Gasteiger partial charge in [0.05, 0.1) is 11.4 Å². The number of amides is 2. The Bertz CT molecular complexity index is 828. The molecule has 2 saturated heterocycles. The lowest BCUT2D eigenvalue weighted by molar-refractivity contribution is -0.118. The van der Waals surface area contributed by atoms with Gasteiger partial charge in [-0.15, -0.1) is 0 Å². The summed E-state index contributed by atoms with van der Waals surface area (Å²) in [6.07, 6.45) is 0.659. The van der Waals surface area contributed by atoms with Crippen molar-refractivity contribution in [1.29, 1.82) is 0 Å². The molecule has 2 unspecified atom stereocenters. The SMILES string of the molecule is O=C1NC(=O)C(Cc2ccc(OCCN3COC(c4ccccc4)C3)cc2)S1.